The van der Waals surface area contributed by atoms with Crippen molar-refractivity contribution in [2.45, 2.75) is 62.7 Å². The summed E-state index contributed by atoms with van der Waals surface area (Å²) in [6.07, 6.45) is 1.73. The molecule has 0 bridgehead atoms. The molecule has 12 heteroatoms. The third kappa shape index (κ3) is 2.44. The summed E-state index contributed by atoms with van der Waals surface area (Å²) in [5.41, 5.74) is 11.5. The first-order chi connectivity index (χ1) is 16.1. The maximum atomic E-state index is 14.1. The van der Waals surface area contributed by atoms with E-state index in [0.717, 1.165) is 5.06 Å². The summed E-state index contributed by atoms with van der Waals surface area (Å²) < 4.78 is 20.3. The molecule has 4 heterocycles. The zero-order valence-corrected chi connectivity index (χ0v) is 19.0. The molecule has 11 nitrogen and oxygen atoms in total. The summed E-state index contributed by atoms with van der Waals surface area (Å²) in [5, 5.41) is 25.1. The van der Waals surface area contributed by atoms with Crippen LogP contribution < -0.4 is 16.8 Å². The number of aliphatic hydroxyl groups excluding tert-OH is 1. The SMILES string of the molecule is Cc1cc(C(=O)OC23CN4C(N)NC(CO)C5N=C(N)N(O)C54C2(C)C3)c2c(n1)CCC(F)=C2. The number of hydrogen-bond donors (Lipinski definition) is 5. The Morgan fingerprint density at radius 3 is 2.94 bits per heavy atom. The van der Waals surface area contributed by atoms with Gasteiger partial charge < -0.3 is 21.3 Å². The van der Waals surface area contributed by atoms with Gasteiger partial charge in [0.25, 0.3) is 0 Å². The molecule has 2 saturated heterocycles. The van der Waals surface area contributed by atoms with Gasteiger partial charge in [-0.3, -0.25) is 15.5 Å². The zero-order valence-electron chi connectivity index (χ0n) is 19.0. The lowest BCUT2D eigenvalue weighted by Crippen LogP contribution is -2.80. The molecule has 7 N–H and O–H groups in total. The number of piperidine rings is 1. The molecule has 3 fully saturated rings. The standard InChI is InChI=1S/C22H28FN7O4/c1-10-5-13(12-6-11(23)3-4-14(12)26-10)17(32)34-21-8-20(21,2)22-16(28-19(25)30(22)33)15(7-31)27-18(24)29(22)9-21/h5-6,15-16,18,27,31,33H,3-4,7-9,24H2,1-2H3,(H2,25,28). The second-order valence-corrected chi connectivity index (χ2v) is 10.2. The average molecular weight is 474 g/mol. The number of esters is 1. The van der Waals surface area contributed by atoms with Gasteiger partial charge in [0.2, 0.25) is 5.96 Å². The third-order valence-corrected chi connectivity index (χ3v) is 8.39. The molecule has 1 spiro atoms. The van der Waals surface area contributed by atoms with Crippen molar-refractivity contribution in [3.63, 3.8) is 0 Å². The van der Waals surface area contributed by atoms with Crippen LogP contribution in [0.1, 0.15) is 47.1 Å². The topological polar surface area (TPSA) is 163 Å². The molecule has 1 aromatic heterocycles. The van der Waals surface area contributed by atoms with Crippen LogP contribution in [0.5, 0.6) is 0 Å². The highest BCUT2D eigenvalue weighted by molar-refractivity contribution is 5.95. The quantitative estimate of drug-likeness (QED) is 0.364. The Morgan fingerprint density at radius 1 is 1.44 bits per heavy atom. The molecule has 6 atom stereocenters. The number of hydrogen-bond acceptors (Lipinski definition) is 11. The van der Waals surface area contributed by atoms with E-state index in [1.54, 1.807) is 17.9 Å². The Bertz CT molecular complexity index is 1180. The Kier molecular flexibility index (Phi) is 4.33. The number of ether oxygens (including phenoxy) is 1. The number of aliphatic hydroxyl groups is 1. The molecule has 6 rings (SSSR count). The molecule has 0 amide bonds. The first-order valence-electron chi connectivity index (χ1n) is 11.4. The monoisotopic (exact) mass is 473 g/mol. The smallest absolute Gasteiger partial charge is 0.339 e. The van der Waals surface area contributed by atoms with E-state index in [9.17, 15) is 19.5 Å². The van der Waals surface area contributed by atoms with Crippen molar-refractivity contribution in [2.24, 2.45) is 21.9 Å². The van der Waals surface area contributed by atoms with Crippen LogP contribution in [0.4, 0.5) is 4.39 Å². The van der Waals surface area contributed by atoms with Crippen molar-refractivity contribution < 1.29 is 24.2 Å². The fourth-order valence-electron chi connectivity index (χ4n) is 6.76. The van der Waals surface area contributed by atoms with Crippen LogP contribution in [-0.2, 0) is 11.2 Å². The highest BCUT2D eigenvalue weighted by atomic mass is 19.1. The molecule has 5 aliphatic rings. The van der Waals surface area contributed by atoms with Gasteiger partial charge in [-0.05, 0) is 25.5 Å². The summed E-state index contributed by atoms with van der Waals surface area (Å²) in [6, 6.07) is 0.428. The number of carbonyl (C=O) groups excluding carboxylic acids is 1. The normalized spacial score (nSPS) is 40.1. The summed E-state index contributed by atoms with van der Waals surface area (Å²) in [6.45, 7) is 3.66. The number of aromatic nitrogens is 1. The average Bonchev–Trinajstić information content (AvgIpc) is 3.17. The lowest BCUT2D eigenvalue weighted by Gasteiger charge is -2.54. The fraction of sp³-hybridized carbons (Fsp3) is 0.591. The Hall–Kier alpha value is -2.64. The summed E-state index contributed by atoms with van der Waals surface area (Å²) >= 11 is 0. The number of halogens is 1. The van der Waals surface area contributed by atoms with E-state index < -0.39 is 41.0 Å². The number of aliphatic imine (C=N–C) groups is 1. The van der Waals surface area contributed by atoms with Gasteiger partial charge in [0.1, 0.15) is 23.8 Å². The Labute approximate surface area is 195 Å². The van der Waals surface area contributed by atoms with Gasteiger partial charge in [-0.2, -0.15) is 0 Å². The van der Waals surface area contributed by atoms with E-state index >= 15 is 0 Å². The molecule has 0 radical (unpaired) electrons. The Morgan fingerprint density at radius 2 is 2.21 bits per heavy atom. The van der Waals surface area contributed by atoms with Crippen LogP contribution in [0.2, 0.25) is 0 Å². The van der Waals surface area contributed by atoms with E-state index in [0.29, 0.717) is 29.8 Å². The third-order valence-electron chi connectivity index (χ3n) is 8.39. The van der Waals surface area contributed by atoms with Crippen molar-refractivity contribution in [3.05, 3.63) is 34.4 Å². The zero-order chi connectivity index (χ0) is 24.2. The van der Waals surface area contributed by atoms with Crippen molar-refractivity contribution in [3.8, 4) is 0 Å². The van der Waals surface area contributed by atoms with Crippen LogP contribution >= 0.6 is 0 Å². The predicted molar refractivity (Wildman–Crippen MR) is 118 cm³/mol. The van der Waals surface area contributed by atoms with Crippen molar-refractivity contribution in [1.82, 2.24) is 20.3 Å². The first-order valence-corrected chi connectivity index (χ1v) is 11.4. The van der Waals surface area contributed by atoms with E-state index in [1.165, 1.54) is 6.08 Å². The summed E-state index contributed by atoms with van der Waals surface area (Å²) in [4.78, 5) is 24.2. The largest absolute Gasteiger partial charge is 0.453 e. The van der Waals surface area contributed by atoms with E-state index in [4.69, 9.17) is 16.2 Å². The van der Waals surface area contributed by atoms with E-state index in [-0.39, 0.29) is 36.9 Å². The van der Waals surface area contributed by atoms with Gasteiger partial charge in [0, 0.05) is 36.3 Å². The molecular weight excluding hydrogens is 445 g/mol. The van der Waals surface area contributed by atoms with Crippen LogP contribution in [0.15, 0.2) is 16.9 Å². The molecule has 182 valence electrons. The fourth-order valence-corrected chi connectivity index (χ4v) is 6.76. The second-order valence-electron chi connectivity index (χ2n) is 10.2. The molecule has 0 aromatic carbocycles. The van der Waals surface area contributed by atoms with E-state index in [2.05, 4.69) is 15.3 Å². The van der Waals surface area contributed by atoms with Gasteiger partial charge in [0.05, 0.1) is 23.6 Å². The van der Waals surface area contributed by atoms with Gasteiger partial charge in [-0.1, -0.05) is 6.92 Å². The lowest BCUT2D eigenvalue weighted by atomic mass is 9.79. The van der Waals surface area contributed by atoms with Crippen LogP contribution in [-0.4, -0.2) is 80.0 Å². The number of nitrogens with one attached hydrogen (secondary N) is 1. The molecule has 6 unspecified atom stereocenters. The van der Waals surface area contributed by atoms with E-state index in [1.807, 2.05) is 6.92 Å². The molecule has 34 heavy (non-hydrogen) atoms. The number of allylic oxidation sites excluding steroid dienone is 1. The van der Waals surface area contributed by atoms with Gasteiger partial charge in [-0.15, -0.1) is 0 Å². The number of pyridine rings is 1. The minimum absolute atomic E-state index is 0.0842. The number of nitrogens with zero attached hydrogens (tertiary/aromatic N) is 4. The van der Waals surface area contributed by atoms with Crippen LogP contribution in [0.25, 0.3) is 6.08 Å². The van der Waals surface area contributed by atoms with Crippen molar-refractivity contribution in [2.75, 3.05) is 13.2 Å². The molecule has 1 aromatic rings. The number of aryl methyl sites for hydroxylation is 2. The minimum atomic E-state index is -1.19. The van der Waals surface area contributed by atoms with Crippen LogP contribution in [0, 0.1) is 12.3 Å². The summed E-state index contributed by atoms with van der Waals surface area (Å²) in [5.74, 6) is -0.970. The maximum absolute atomic E-state index is 14.1. The van der Waals surface area contributed by atoms with Gasteiger partial charge in [-0.25, -0.2) is 24.1 Å². The van der Waals surface area contributed by atoms with Gasteiger partial charge in [0.15, 0.2) is 5.66 Å². The number of hydroxylamine groups is 2. The lowest BCUT2D eigenvalue weighted by molar-refractivity contribution is -0.223. The molecule has 2 aliphatic carbocycles. The molecule has 3 aliphatic heterocycles. The minimum Gasteiger partial charge on any atom is -0.453 e. The number of nitrogens with two attached hydrogens (primary N) is 2. The van der Waals surface area contributed by atoms with Crippen molar-refractivity contribution >= 4 is 18.0 Å². The number of guanidine groups is 1. The van der Waals surface area contributed by atoms with Crippen molar-refractivity contribution in [1.29, 1.82) is 0 Å². The molecule has 1 saturated carbocycles. The first kappa shape index (κ1) is 21.9. The second kappa shape index (κ2) is 6.73. The number of fused-ring (bicyclic) bond motifs is 2. The van der Waals surface area contributed by atoms with Crippen LogP contribution in [0.3, 0.4) is 0 Å². The molecular formula is C22H28FN7O4. The number of rotatable bonds is 3. The number of carbonyl (C=O) groups is 1. The highest BCUT2D eigenvalue weighted by Gasteiger charge is 2.89. The Balaban J connectivity index is 1.39. The summed E-state index contributed by atoms with van der Waals surface area (Å²) in [7, 11) is 0. The van der Waals surface area contributed by atoms with Gasteiger partial charge >= 0.3 is 5.97 Å². The highest BCUT2D eigenvalue weighted by Crippen LogP contribution is 2.74. The predicted octanol–water partition coefficient (Wildman–Crippen LogP) is -0.441. The maximum Gasteiger partial charge on any atom is 0.339 e.